The van der Waals surface area contributed by atoms with Crippen LogP contribution in [-0.4, -0.2) is 33.6 Å². The number of nitrogens with one attached hydrogen (secondary N) is 2. The topological polar surface area (TPSA) is 111 Å². The maximum atomic E-state index is 13.0. The first-order valence-corrected chi connectivity index (χ1v) is 11.0. The minimum absolute atomic E-state index is 0.0701. The fourth-order valence-electron chi connectivity index (χ4n) is 3.13. The smallest absolute Gasteiger partial charge is 0.251 e. The highest BCUT2D eigenvalue weighted by molar-refractivity contribution is 7.89. The number of carbonyl (C=O) groups is 1. The van der Waals surface area contributed by atoms with Crippen molar-refractivity contribution in [2.24, 2.45) is 5.73 Å². The third-order valence-corrected chi connectivity index (χ3v) is 6.19. The van der Waals surface area contributed by atoms with Gasteiger partial charge in [0.2, 0.25) is 10.0 Å². The van der Waals surface area contributed by atoms with E-state index in [0.717, 1.165) is 16.5 Å². The van der Waals surface area contributed by atoms with Crippen molar-refractivity contribution in [3.8, 4) is 0 Å². The molecule has 0 fully saturated rings. The van der Waals surface area contributed by atoms with Gasteiger partial charge in [-0.3, -0.25) is 4.79 Å². The number of amides is 1. The average Bonchev–Trinajstić information content (AvgIpc) is 2.75. The van der Waals surface area contributed by atoms with Gasteiger partial charge < -0.3 is 15.8 Å². The minimum atomic E-state index is -3.87. The van der Waals surface area contributed by atoms with E-state index in [9.17, 15) is 13.2 Å². The van der Waals surface area contributed by atoms with E-state index >= 15 is 0 Å². The highest BCUT2D eigenvalue weighted by Crippen LogP contribution is 2.25. The summed E-state index contributed by atoms with van der Waals surface area (Å²) in [6, 6.07) is 20.0. The van der Waals surface area contributed by atoms with Crippen molar-refractivity contribution >= 4 is 26.7 Å². The van der Waals surface area contributed by atoms with Crippen LogP contribution in [-0.2, 0) is 26.2 Å². The molecule has 1 atom stereocenters. The third-order valence-electron chi connectivity index (χ3n) is 4.71. The Balaban J connectivity index is 1.78. The van der Waals surface area contributed by atoms with Crippen LogP contribution in [0.4, 0.5) is 0 Å². The monoisotopic (exact) mass is 427 g/mol. The van der Waals surface area contributed by atoms with Crippen LogP contribution in [0.3, 0.4) is 0 Å². The summed E-state index contributed by atoms with van der Waals surface area (Å²) in [6.07, 6.45) is -1.03. The first-order chi connectivity index (χ1) is 14.4. The number of nitrogens with two attached hydrogens (primary N) is 1. The SMILES string of the molecule is Cc1ccc(S(=O)(=O)NC[C@@H](OCc2ccccc2)C(=O)NCN)c2ccccc12. The molecule has 30 heavy (non-hydrogen) atoms. The van der Waals surface area contributed by atoms with Crippen molar-refractivity contribution in [1.29, 1.82) is 0 Å². The molecule has 3 aromatic rings. The first-order valence-electron chi connectivity index (χ1n) is 9.53. The molecule has 4 N–H and O–H groups in total. The number of ether oxygens (including phenoxy) is 1. The summed E-state index contributed by atoms with van der Waals surface area (Å²) in [5.41, 5.74) is 7.25. The maximum Gasteiger partial charge on any atom is 0.251 e. The van der Waals surface area contributed by atoms with E-state index < -0.39 is 22.0 Å². The lowest BCUT2D eigenvalue weighted by molar-refractivity contribution is -0.133. The molecule has 0 unspecified atom stereocenters. The zero-order valence-corrected chi connectivity index (χ0v) is 17.5. The van der Waals surface area contributed by atoms with Crippen LogP contribution in [0.2, 0.25) is 0 Å². The van der Waals surface area contributed by atoms with Gasteiger partial charge in [0, 0.05) is 11.9 Å². The van der Waals surface area contributed by atoms with Crippen molar-refractivity contribution in [2.45, 2.75) is 24.5 Å². The Morgan fingerprint density at radius 1 is 1.00 bits per heavy atom. The molecule has 0 aromatic heterocycles. The van der Waals surface area contributed by atoms with Crippen LogP contribution in [0.1, 0.15) is 11.1 Å². The predicted molar refractivity (Wildman–Crippen MR) is 116 cm³/mol. The molecule has 0 aliphatic heterocycles. The molecule has 0 aliphatic rings. The summed E-state index contributed by atoms with van der Waals surface area (Å²) in [5.74, 6) is -0.482. The Labute approximate surface area is 176 Å². The second-order valence-electron chi connectivity index (χ2n) is 6.81. The van der Waals surface area contributed by atoms with Crippen molar-refractivity contribution in [1.82, 2.24) is 10.0 Å². The molecule has 7 nitrogen and oxygen atoms in total. The van der Waals surface area contributed by atoms with E-state index in [0.29, 0.717) is 5.39 Å². The highest BCUT2D eigenvalue weighted by atomic mass is 32.2. The molecule has 3 aromatic carbocycles. The number of hydrogen-bond donors (Lipinski definition) is 3. The molecular formula is C22H25N3O4S. The van der Waals surface area contributed by atoms with E-state index in [4.69, 9.17) is 10.5 Å². The molecule has 0 radical (unpaired) electrons. The molecule has 3 rings (SSSR count). The van der Waals surface area contributed by atoms with E-state index in [2.05, 4.69) is 10.0 Å². The van der Waals surface area contributed by atoms with Crippen LogP contribution < -0.4 is 15.8 Å². The normalized spacial score (nSPS) is 12.6. The Morgan fingerprint density at radius 2 is 1.67 bits per heavy atom. The fourth-order valence-corrected chi connectivity index (χ4v) is 4.37. The van der Waals surface area contributed by atoms with Gasteiger partial charge in [-0.05, 0) is 29.5 Å². The number of hydrogen-bond acceptors (Lipinski definition) is 5. The molecule has 0 saturated carbocycles. The van der Waals surface area contributed by atoms with Crippen LogP contribution in [0.25, 0.3) is 10.8 Å². The molecular weight excluding hydrogens is 402 g/mol. The number of benzene rings is 3. The lowest BCUT2D eigenvalue weighted by Gasteiger charge is -2.18. The Morgan fingerprint density at radius 3 is 2.37 bits per heavy atom. The number of fused-ring (bicyclic) bond motifs is 1. The fraction of sp³-hybridized carbons (Fsp3) is 0.227. The molecule has 0 bridgehead atoms. The molecule has 0 saturated heterocycles. The van der Waals surface area contributed by atoms with Crippen molar-refractivity contribution in [3.05, 3.63) is 77.9 Å². The summed E-state index contributed by atoms with van der Waals surface area (Å²) in [6.45, 7) is 1.80. The van der Waals surface area contributed by atoms with Crippen molar-refractivity contribution in [2.75, 3.05) is 13.2 Å². The van der Waals surface area contributed by atoms with E-state index in [-0.39, 0.29) is 24.7 Å². The average molecular weight is 428 g/mol. The van der Waals surface area contributed by atoms with Gasteiger partial charge in [0.25, 0.3) is 5.91 Å². The van der Waals surface area contributed by atoms with Crippen molar-refractivity contribution in [3.63, 3.8) is 0 Å². The molecule has 1 amide bonds. The third kappa shape index (κ3) is 5.22. The standard InChI is InChI=1S/C22H25N3O4S/c1-16-11-12-21(19-10-6-5-9-18(16)19)30(27,28)25-13-20(22(26)24-15-23)29-14-17-7-3-2-4-8-17/h2-12,20,25H,13-15,23H2,1H3,(H,24,26)/t20-/m1/s1. The molecule has 0 spiro atoms. The van der Waals surface area contributed by atoms with Gasteiger partial charge in [-0.25, -0.2) is 13.1 Å². The Kier molecular flexibility index (Phi) is 7.17. The Hall–Kier alpha value is -2.78. The van der Waals surface area contributed by atoms with Gasteiger partial charge in [-0.2, -0.15) is 0 Å². The van der Waals surface area contributed by atoms with Gasteiger partial charge in [0.05, 0.1) is 18.2 Å². The summed E-state index contributed by atoms with van der Waals surface area (Å²) in [5, 5.41) is 3.96. The number of sulfonamides is 1. The first kappa shape index (κ1) is 21.9. The van der Waals surface area contributed by atoms with Gasteiger partial charge in [-0.15, -0.1) is 0 Å². The molecule has 8 heteroatoms. The van der Waals surface area contributed by atoms with Gasteiger partial charge in [0.1, 0.15) is 6.10 Å². The second kappa shape index (κ2) is 9.82. The molecule has 158 valence electrons. The lowest BCUT2D eigenvalue weighted by atomic mass is 10.1. The summed E-state index contributed by atoms with van der Waals surface area (Å²) in [7, 11) is -3.87. The Bertz CT molecular complexity index is 1120. The zero-order chi connectivity index (χ0) is 21.6. The van der Waals surface area contributed by atoms with E-state index in [1.807, 2.05) is 49.4 Å². The molecule has 0 aliphatic carbocycles. The lowest BCUT2D eigenvalue weighted by Crippen LogP contribution is -2.45. The second-order valence-corrected chi connectivity index (χ2v) is 8.54. The van der Waals surface area contributed by atoms with E-state index in [1.54, 1.807) is 24.3 Å². The number of rotatable bonds is 9. The summed E-state index contributed by atoms with van der Waals surface area (Å²) < 4.78 is 34.2. The van der Waals surface area contributed by atoms with Gasteiger partial charge >= 0.3 is 0 Å². The van der Waals surface area contributed by atoms with Crippen LogP contribution in [0.15, 0.2) is 71.6 Å². The number of carbonyl (C=O) groups excluding carboxylic acids is 1. The largest absolute Gasteiger partial charge is 0.362 e. The van der Waals surface area contributed by atoms with Crippen LogP contribution in [0.5, 0.6) is 0 Å². The maximum absolute atomic E-state index is 13.0. The predicted octanol–water partition coefficient (Wildman–Crippen LogP) is 2.04. The van der Waals surface area contributed by atoms with Crippen LogP contribution in [0, 0.1) is 6.92 Å². The van der Waals surface area contributed by atoms with E-state index in [1.165, 1.54) is 0 Å². The quantitative estimate of drug-likeness (QED) is 0.453. The highest BCUT2D eigenvalue weighted by Gasteiger charge is 2.24. The minimum Gasteiger partial charge on any atom is -0.362 e. The molecule has 0 heterocycles. The summed E-state index contributed by atoms with van der Waals surface area (Å²) in [4.78, 5) is 12.5. The van der Waals surface area contributed by atoms with Crippen LogP contribution >= 0.6 is 0 Å². The zero-order valence-electron chi connectivity index (χ0n) is 16.7. The summed E-state index contributed by atoms with van der Waals surface area (Å²) >= 11 is 0. The van der Waals surface area contributed by atoms with Gasteiger partial charge in [-0.1, -0.05) is 60.7 Å². The van der Waals surface area contributed by atoms with Gasteiger partial charge in [0.15, 0.2) is 0 Å². The number of aryl methyl sites for hydroxylation is 1. The van der Waals surface area contributed by atoms with Crippen molar-refractivity contribution < 1.29 is 17.9 Å².